The first-order chi connectivity index (χ1) is 7.05. The molecule has 1 heterocycles. The Labute approximate surface area is 89.6 Å². The number of aromatic amines is 1. The van der Waals surface area contributed by atoms with Gasteiger partial charge in [-0.3, -0.25) is 5.10 Å². The molecule has 1 aromatic heterocycles. The van der Waals surface area contributed by atoms with E-state index in [9.17, 15) is 8.42 Å². The second kappa shape index (κ2) is 5.24. The molecule has 0 radical (unpaired) electrons. The zero-order valence-electron chi connectivity index (χ0n) is 8.87. The number of H-pyrrole nitrogens is 1. The average molecular weight is 232 g/mol. The molecule has 3 N–H and O–H groups in total. The van der Waals surface area contributed by atoms with Crippen LogP contribution >= 0.6 is 0 Å². The van der Waals surface area contributed by atoms with E-state index < -0.39 is 10.2 Å². The smallest absolute Gasteiger partial charge is 0.277 e. The van der Waals surface area contributed by atoms with Crippen molar-refractivity contribution in [1.29, 1.82) is 0 Å². The SMILES string of the molecule is CCCNS(=O)(=O)NCc1cn[nH]c1C. The van der Waals surface area contributed by atoms with Crippen molar-refractivity contribution >= 4 is 10.2 Å². The van der Waals surface area contributed by atoms with Crippen LogP contribution in [-0.4, -0.2) is 25.2 Å². The maximum atomic E-state index is 11.3. The minimum absolute atomic E-state index is 0.251. The molecule has 15 heavy (non-hydrogen) atoms. The van der Waals surface area contributed by atoms with Crippen LogP contribution in [0.1, 0.15) is 24.6 Å². The Bertz CT molecular complexity index is 399. The minimum Gasteiger partial charge on any atom is -0.283 e. The van der Waals surface area contributed by atoms with Gasteiger partial charge in [-0.25, -0.2) is 4.72 Å². The Morgan fingerprint density at radius 3 is 2.73 bits per heavy atom. The number of hydrogen-bond acceptors (Lipinski definition) is 3. The molecule has 0 aliphatic rings. The molecule has 86 valence electrons. The van der Waals surface area contributed by atoms with Crippen LogP contribution in [0.25, 0.3) is 0 Å². The third kappa shape index (κ3) is 3.98. The van der Waals surface area contributed by atoms with Crippen molar-refractivity contribution in [2.45, 2.75) is 26.8 Å². The Kier molecular flexibility index (Phi) is 4.25. The molecule has 0 fully saturated rings. The fourth-order valence-corrected chi connectivity index (χ4v) is 1.93. The number of nitrogens with one attached hydrogen (secondary N) is 3. The summed E-state index contributed by atoms with van der Waals surface area (Å²) in [6, 6.07) is 0. The molecule has 6 nitrogen and oxygen atoms in total. The predicted molar refractivity (Wildman–Crippen MR) is 57.4 cm³/mol. The van der Waals surface area contributed by atoms with Gasteiger partial charge in [-0.2, -0.15) is 18.2 Å². The second-order valence-corrected chi connectivity index (χ2v) is 4.82. The number of rotatable bonds is 6. The molecule has 7 heteroatoms. The topological polar surface area (TPSA) is 86.9 Å². The molecule has 0 atom stereocenters. The van der Waals surface area contributed by atoms with Gasteiger partial charge in [0, 0.05) is 24.3 Å². The standard InChI is InChI=1S/C8H16N4O2S/c1-3-4-10-15(13,14)11-6-8-5-9-12-7(8)2/h5,10-11H,3-4,6H2,1-2H3,(H,9,12). The highest BCUT2D eigenvalue weighted by Gasteiger charge is 2.09. The molecule has 0 saturated heterocycles. The van der Waals surface area contributed by atoms with E-state index >= 15 is 0 Å². The molecule has 0 aliphatic heterocycles. The maximum Gasteiger partial charge on any atom is 0.277 e. The summed E-state index contributed by atoms with van der Waals surface area (Å²) in [6.45, 7) is 4.44. The first-order valence-corrected chi connectivity index (χ1v) is 6.26. The van der Waals surface area contributed by atoms with E-state index in [1.54, 1.807) is 6.20 Å². The molecule has 0 spiro atoms. The van der Waals surface area contributed by atoms with E-state index in [0.29, 0.717) is 6.54 Å². The van der Waals surface area contributed by atoms with Gasteiger partial charge in [0.25, 0.3) is 10.2 Å². The summed E-state index contributed by atoms with van der Waals surface area (Å²) in [4.78, 5) is 0. The van der Waals surface area contributed by atoms with Crippen LogP contribution in [0.15, 0.2) is 6.20 Å². The zero-order valence-corrected chi connectivity index (χ0v) is 9.69. The quantitative estimate of drug-likeness (QED) is 0.647. The largest absolute Gasteiger partial charge is 0.283 e. The van der Waals surface area contributed by atoms with Gasteiger partial charge in [-0.1, -0.05) is 6.92 Å². The lowest BCUT2D eigenvalue weighted by Crippen LogP contribution is -2.36. The third-order valence-electron chi connectivity index (χ3n) is 1.93. The molecular formula is C8H16N4O2S. The van der Waals surface area contributed by atoms with Gasteiger partial charge < -0.3 is 0 Å². The molecule has 0 unspecified atom stereocenters. The fourth-order valence-electron chi connectivity index (χ4n) is 1.01. The lowest BCUT2D eigenvalue weighted by molar-refractivity contribution is 0.565. The van der Waals surface area contributed by atoms with Crippen LogP contribution in [0.3, 0.4) is 0 Å². The van der Waals surface area contributed by atoms with Crippen LogP contribution in [0.5, 0.6) is 0 Å². The van der Waals surface area contributed by atoms with Gasteiger partial charge >= 0.3 is 0 Å². The summed E-state index contributed by atoms with van der Waals surface area (Å²) < 4.78 is 27.5. The monoisotopic (exact) mass is 232 g/mol. The van der Waals surface area contributed by atoms with E-state index in [2.05, 4.69) is 19.6 Å². The maximum absolute atomic E-state index is 11.3. The molecule has 0 bridgehead atoms. The summed E-state index contributed by atoms with van der Waals surface area (Å²) in [7, 11) is -3.38. The second-order valence-electron chi connectivity index (χ2n) is 3.24. The summed E-state index contributed by atoms with van der Waals surface area (Å²) in [5.41, 5.74) is 1.71. The fraction of sp³-hybridized carbons (Fsp3) is 0.625. The third-order valence-corrected chi connectivity index (χ3v) is 3.04. The molecule has 0 amide bonds. The summed E-state index contributed by atoms with van der Waals surface area (Å²) in [6.07, 6.45) is 2.38. The lowest BCUT2D eigenvalue weighted by Gasteiger charge is -2.06. The van der Waals surface area contributed by atoms with E-state index in [4.69, 9.17) is 0 Å². The normalized spacial score (nSPS) is 11.9. The van der Waals surface area contributed by atoms with Crippen molar-refractivity contribution in [3.63, 3.8) is 0 Å². The van der Waals surface area contributed by atoms with Crippen molar-refractivity contribution in [3.8, 4) is 0 Å². The highest BCUT2D eigenvalue weighted by Crippen LogP contribution is 2.01. The van der Waals surface area contributed by atoms with Crippen LogP contribution in [0, 0.1) is 6.92 Å². The number of aromatic nitrogens is 2. The first kappa shape index (κ1) is 12.2. The van der Waals surface area contributed by atoms with Gasteiger partial charge in [0.1, 0.15) is 0 Å². The molecule has 1 rings (SSSR count). The van der Waals surface area contributed by atoms with Crippen LogP contribution < -0.4 is 9.44 Å². The van der Waals surface area contributed by atoms with Crippen molar-refractivity contribution in [2.75, 3.05) is 6.54 Å². The molecule has 0 aromatic carbocycles. The predicted octanol–water partition coefficient (Wildman–Crippen LogP) is 0.0521. The Morgan fingerprint density at radius 1 is 1.47 bits per heavy atom. The Morgan fingerprint density at radius 2 is 2.20 bits per heavy atom. The van der Waals surface area contributed by atoms with Crippen LogP contribution in [0.2, 0.25) is 0 Å². The van der Waals surface area contributed by atoms with Crippen molar-refractivity contribution in [2.24, 2.45) is 0 Å². The van der Waals surface area contributed by atoms with Gasteiger partial charge in [0.15, 0.2) is 0 Å². The zero-order chi connectivity index (χ0) is 11.3. The van der Waals surface area contributed by atoms with Crippen molar-refractivity contribution in [3.05, 3.63) is 17.5 Å². The minimum atomic E-state index is -3.38. The average Bonchev–Trinajstić information content (AvgIpc) is 2.58. The molecular weight excluding hydrogens is 216 g/mol. The van der Waals surface area contributed by atoms with Gasteiger partial charge in [-0.05, 0) is 13.3 Å². The number of aryl methyl sites for hydroxylation is 1. The summed E-state index contributed by atoms with van der Waals surface area (Å²) >= 11 is 0. The first-order valence-electron chi connectivity index (χ1n) is 4.78. The van der Waals surface area contributed by atoms with Crippen LogP contribution in [0.4, 0.5) is 0 Å². The van der Waals surface area contributed by atoms with Crippen LogP contribution in [-0.2, 0) is 16.8 Å². The van der Waals surface area contributed by atoms with E-state index in [1.165, 1.54) is 0 Å². The van der Waals surface area contributed by atoms with Crippen molar-refractivity contribution < 1.29 is 8.42 Å². The highest BCUT2D eigenvalue weighted by molar-refractivity contribution is 7.87. The molecule has 1 aromatic rings. The van der Waals surface area contributed by atoms with E-state index in [0.717, 1.165) is 17.7 Å². The Hall–Kier alpha value is -0.920. The van der Waals surface area contributed by atoms with E-state index in [-0.39, 0.29) is 6.54 Å². The Balaban J connectivity index is 2.46. The van der Waals surface area contributed by atoms with Crippen molar-refractivity contribution in [1.82, 2.24) is 19.6 Å². The number of hydrogen-bond donors (Lipinski definition) is 3. The summed E-state index contributed by atoms with van der Waals surface area (Å²) in [5, 5.41) is 6.55. The van der Waals surface area contributed by atoms with Gasteiger partial charge in [0.05, 0.1) is 6.20 Å². The number of nitrogens with zero attached hydrogens (tertiary/aromatic N) is 1. The highest BCUT2D eigenvalue weighted by atomic mass is 32.2. The van der Waals surface area contributed by atoms with Gasteiger partial charge in [-0.15, -0.1) is 0 Å². The summed E-state index contributed by atoms with van der Waals surface area (Å²) in [5.74, 6) is 0. The van der Waals surface area contributed by atoms with E-state index in [1.807, 2.05) is 13.8 Å². The molecule has 0 aliphatic carbocycles. The molecule has 0 saturated carbocycles. The van der Waals surface area contributed by atoms with Gasteiger partial charge in [0.2, 0.25) is 0 Å². The lowest BCUT2D eigenvalue weighted by atomic mass is 10.3.